The minimum absolute atomic E-state index is 0.726. The number of hydrogen-bond acceptors (Lipinski definition) is 2. The third kappa shape index (κ3) is 3.94. The van der Waals surface area contributed by atoms with Gasteiger partial charge in [-0.05, 0) is 43.7 Å². The van der Waals surface area contributed by atoms with Crippen LogP contribution in [0.5, 0.6) is 5.75 Å². The summed E-state index contributed by atoms with van der Waals surface area (Å²) in [7, 11) is 0. The Balaban J connectivity index is 1.83. The van der Waals surface area contributed by atoms with Crippen LogP contribution in [0.3, 0.4) is 0 Å². The van der Waals surface area contributed by atoms with E-state index in [0.29, 0.717) is 0 Å². The van der Waals surface area contributed by atoms with Crippen molar-refractivity contribution in [3.63, 3.8) is 0 Å². The van der Waals surface area contributed by atoms with Crippen molar-refractivity contribution < 1.29 is 4.74 Å². The summed E-state index contributed by atoms with van der Waals surface area (Å²) in [6.07, 6.45) is 5.56. The minimum atomic E-state index is 0.726. The second-order valence-corrected chi connectivity index (χ2v) is 5.48. The van der Waals surface area contributed by atoms with Crippen LogP contribution >= 0.6 is 0 Å². The lowest BCUT2D eigenvalue weighted by molar-refractivity contribution is 0.293. The molecule has 0 aromatic heterocycles. The summed E-state index contributed by atoms with van der Waals surface area (Å²) < 4.78 is 5.52. The number of nitrogens with one attached hydrogen (secondary N) is 1. The highest BCUT2D eigenvalue weighted by Gasteiger charge is 2.18. The Bertz CT molecular complexity index is 364. The monoisotopic (exact) mass is 247 g/mol. The maximum Gasteiger partial charge on any atom is 0.121 e. The molecule has 2 unspecified atom stereocenters. The fraction of sp³-hybridized carbons (Fsp3) is 0.625. The van der Waals surface area contributed by atoms with Gasteiger partial charge in [0, 0.05) is 18.3 Å². The first-order valence-electron chi connectivity index (χ1n) is 7.24. The molecule has 1 aromatic rings. The topological polar surface area (TPSA) is 21.3 Å². The van der Waals surface area contributed by atoms with Crippen LogP contribution < -0.4 is 10.1 Å². The molecule has 2 atom stereocenters. The molecule has 0 amide bonds. The summed E-state index contributed by atoms with van der Waals surface area (Å²) in [5.74, 6) is 2.70. The van der Waals surface area contributed by atoms with Gasteiger partial charge in [-0.2, -0.15) is 0 Å². The zero-order valence-corrected chi connectivity index (χ0v) is 11.6. The average molecular weight is 247 g/mol. The Morgan fingerprint density at radius 2 is 2.22 bits per heavy atom. The van der Waals surface area contributed by atoms with E-state index in [2.05, 4.69) is 30.4 Å². The summed E-state index contributed by atoms with van der Waals surface area (Å²) in [6.45, 7) is 6.22. The van der Waals surface area contributed by atoms with Crippen LogP contribution in [-0.4, -0.2) is 13.2 Å². The lowest BCUT2D eigenvalue weighted by Crippen LogP contribution is -2.20. The van der Waals surface area contributed by atoms with Gasteiger partial charge in [-0.15, -0.1) is 0 Å². The molecule has 18 heavy (non-hydrogen) atoms. The highest BCUT2D eigenvalue weighted by atomic mass is 16.5. The fourth-order valence-electron chi connectivity index (χ4n) is 2.87. The first-order valence-corrected chi connectivity index (χ1v) is 7.24. The largest absolute Gasteiger partial charge is 0.494 e. The van der Waals surface area contributed by atoms with Crippen molar-refractivity contribution in [1.29, 1.82) is 0 Å². The zero-order valence-electron chi connectivity index (χ0n) is 11.6. The summed E-state index contributed by atoms with van der Waals surface area (Å²) in [5.41, 5.74) is 1.18. The van der Waals surface area contributed by atoms with Gasteiger partial charge in [0.1, 0.15) is 5.75 Å². The van der Waals surface area contributed by atoms with E-state index in [1.165, 1.54) is 31.4 Å². The molecule has 2 rings (SSSR count). The molecule has 1 N–H and O–H groups in total. The summed E-state index contributed by atoms with van der Waals surface area (Å²) in [5, 5.41) is 3.55. The standard InChI is InChI=1S/C16H25NO/c1-3-18-16-9-5-8-15(11-16)17-12-14-7-4-6-13(2)10-14/h5,8-9,11,13-14,17H,3-4,6-7,10,12H2,1-2H3. The van der Waals surface area contributed by atoms with Gasteiger partial charge in [0.05, 0.1) is 6.61 Å². The molecule has 0 bridgehead atoms. The van der Waals surface area contributed by atoms with E-state index < -0.39 is 0 Å². The molecule has 0 radical (unpaired) electrons. The molecule has 0 saturated heterocycles. The first-order chi connectivity index (χ1) is 8.78. The maximum absolute atomic E-state index is 5.52. The van der Waals surface area contributed by atoms with Crippen LogP contribution in [0.15, 0.2) is 24.3 Å². The van der Waals surface area contributed by atoms with E-state index in [1.807, 2.05) is 13.0 Å². The average Bonchev–Trinajstić information content (AvgIpc) is 2.37. The smallest absolute Gasteiger partial charge is 0.121 e. The summed E-state index contributed by atoms with van der Waals surface area (Å²) in [4.78, 5) is 0. The molecule has 2 heteroatoms. The molecule has 1 saturated carbocycles. The van der Waals surface area contributed by atoms with Crippen LogP contribution in [0.25, 0.3) is 0 Å². The molecule has 0 heterocycles. The molecule has 1 aliphatic carbocycles. The molecule has 1 aromatic carbocycles. The van der Waals surface area contributed by atoms with Crippen molar-refractivity contribution in [2.24, 2.45) is 11.8 Å². The SMILES string of the molecule is CCOc1cccc(NCC2CCCC(C)C2)c1. The van der Waals surface area contributed by atoms with E-state index in [-0.39, 0.29) is 0 Å². The molecule has 2 nitrogen and oxygen atoms in total. The van der Waals surface area contributed by atoms with Gasteiger partial charge in [0.15, 0.2) is 0 Å². The Kier molecular flexibility index (Phi) is 4.91. The third-order valence-electron chi connectivity index (χ3n) is 3.78. The second kappa shape index (κ2) is 6.67. The summed E-state index contributed by atoms with van der Waals surface area (Å²) >= 11 is 0. The lowest BCUT2D eigenvalue weighted by atomic mass is 9.82. The Morgan fingerprint density at radius 1 is 1.33 bits per heavy atom. The van der Waals surface area contributed by atoms with Gasteiger partial charge in [-0.25, -0.2) is 0 Å². The molecule has 100 valence electrons. The highest BCUT2D eigenvalue weighted by Crippen LogP contribution is 2.29. The van der Waals surface area contributed by atoms with Crippen LogP contribution in [0.2, 0.25) is 0 Å². The number of ether oxygens (including phenoxy) is 1. The first kappa shape index (κ1) is 13.3. The Labute approximate surface area is 111 Å². The lowest BCUT2D eigenvalue weighted by Gasteiger charge is -2.27. The van der Waals surface area contributed by atoms with Gasteiger partial charge < -0.3 is 10.1 Å². The predicted molar refractivity (Wildman–Crippen MR) is 77.2 cm³/mol. The predicted octanol–water partition coefficient (Wildman–Crippen LogP) is 4.32. The van der Waals surface area contributed by atoms with Crippen molar-refractivity contribution in [2.75, 3.05) is 18.5 Å². The number of hydrogen-bond donors (Lipinski definition) is 1. The number of benzene rings is 1. The van der Waals surface area contributed by atoms with Crippen LogP contribution in [-0.2, 0) is 0 Å². The minimum Gasteiger partial charge on any atom is -0.494 e. The quantitative estimate of drug-likeness (QED) is 0.836. The van der Waals surface area contributed by atoms with E-state index in [1.54, 1.807) is 0 Å². The van der Waals surface area contributed by atoms with Gasteiger partial charge in [0.25, 0.3) is 0 Å². The van der Waals surface area contributed by atoms with Crippen molar-refractivity contribution >= 4 is 5.69 Å². The molecular formula is C16H25NO. The molecule has 1 aliphatic rings. The summed E-state index contributed by atoms with van der Waals surface area (Å²) in [6, 6.07) is 8.28. The van der Waals surface area contributed by atoms with E-state index >= 15 is 0 Å². The van der Waals surface area contributed by atoms with Gasteiger partial charge in [-0.3, -0.25) is 0 Å². The van der Waals surface area contributed by atoms with Crippen LogP contribution in [0, 0.1) is 11.8 Å². The normalized spacial score (nSPS) is 23.7. The maximum atomic E-state index is 5.52. The third-order valence-corrected chi connectivity index (χ3v) is 3.78. The fourth-order valence-corrected chi connectivity index (χ4v) is 2.87. The molecule has 0 aliphatic heterocycles. The van der Waals surface area contributed by atoms with Crippen molar-refractivity contribution in [3.05, 3.63) is 24.3 Å². The second-order valence-electron chi connectivity index (χ2n) is 5.48. The van der Waals surface area contributed by atoms with Crippen molar-refractivity contribution in [3.8, 4) is 5.75 Å². The van der Waals surface area contributed by atoms with Crippen molar-refractivity contribution in [1.82, 2.24) is 0 Å². The van der Waals surface area contributed by atoms with Gasteiger partial charge in [-0.1, -0.05) is 25.8 Å². The van der Waals surface area contributed by atoms with Crippen LogP contribution in [0.1, 0.15) is 39.5 Å². The number of rotatable bonds is 5. The van der Waals surface area contributed by atoms with E-state index in [0.717, 1.165) is 30.7 Å². The van der Waals surface area contributed by atoms with Gasteiger partial charge in [0.2, 0.25) is 0 Å². The molecular weight excluding hydrogens is 222 g/mol. The van der Waals surface area contributed by atoms with Crippen molar-refractivity contribution in [2.45, 2.75) is 39.5 Å². The highest BCUT2D eigenvalue weighted by molar-refractivity contribution is 5.48. The van der Waals surface area contributed by atoms with Gasteiger partial charge >= 0.3 is 0 Å². The van der Waals surface area contributed by atoms with E-state index in [9.17, 15) is 0 Å². The molecule has 1 fully saturated rings. The Morgan fingerprint density at radius 3 is 3.00 bits per heavy atom. The van der Waals surface area contributed by atoms with Crippen LogP contribution in [0.4, 0.5) is 5.69 Å². The number of anilines is 1. The Hall–Kier alpha value is -1.18. The zero-order chi connectivity index (χ0) is 12.8. The molecule has 0 spiro atoms. The van der Waals surface area contributed by atoms with E-state index in [4.69, 9.17) is 4.74 Å².